The van der Waals surface area contributed by atoms with Crippen molar-refractivity contribution in [3.63, 3.8) is 0 Å². The van der Waals surface area contributed by atoms with Crippen LogP contribution in [0.25, 0.3) is 0 Å². The van der Waals surface area contributed by atoms with Crippen LogP contribution >= 0.6 is 0 Å². The van der Waals surface area contributed by atoms with Gasteiger partial charge in [-0.25, -0.2) is 0 Å². The van der Waals surface area contributed by atoms with Crippen LogP contribution in [0.3, 0.4) is 0 Å². The third-order valence-electron chi connectivity index (χ3n) is 2.96. The average molecular weight is 214 g/mol. The monoisotopic (exact) mass is 214 g/mol. The Morgan fingerprint density at radius 3 is 2.53 bits per heavy atom. The molecule has 0 saturated carbocycles. The standard InChI is InChI=1S/C12H26N2O/c1-5-6-7-14-9-11(2,3)13-8-12(4,15)10-14/h13,15H,5-10H2,1-4H3. The van der Waals surface area contributed by atoms with E-state index in [0.29, 0.717) is 6.54 Å². The molecule has 90 valence electrons. The molecule has 3 nitrogen and oxygen atoms in total. The maximum Gasteiger partial charge on any atom is 0.0869 e. The van der Waals surface area contributed by atoms with Crippen LogP contribution in [0.5, 0.6) is 0 Å². The normalized spacial score (nSPS) is 32.6. The van der Waals surface area contributed by atoms with Gasteiger partial charge in [0.2, 0.25) is 0 Å². The van der Waals surface area contributed by atoms with Gasteiger partial charge in [-0.3, -0.25) is 4.90 Å². The Morgan fingerprint density at radius 1 is 1.27 bits per heavy atom. The van der Waals surface area contributed by atoms with Crippen LogP contribution in [0, 0.1) is 0 Å². The highest BCUT2D eigenvalue weighted by atomic mass is 16.3. The molecule has 0 aliphatic carbocycles. The number of nitrogens with one attached hydrogen (secondary N) is 1. The zero-order chi connectivity index (χ0) is 11.5. The Kier molecular flexibility index (Phi) is 4.15. The first-order chi connectivity index (χ1) is 6.85. The van der Waals surface area contributed by atoms with Gasteiger partial charge in [-0.15, -0.1) is 0 Å². The molecule has 0 bridgehead atoms. The Bertz CT molecular complexity index is 184. The molecule has 0 spiro atoms. The molecule has 1 aliphatic heterocycles. The molecule has 0 amide bonds. The fourth-order valence-electron chi connectivity index (χ4n) is 2.18. The van der Waals surface area contributed by atoms with Crippen molar-refractivity contribution in [2.45, 2.75) is 51.7 Å². The van der Waals surface area contributed by atoms with Crippen molar-refractivity contribution in [2.24, 2.45) is 0 Å². The van der Waals surface area contributed by atoms with Gasteiger partial charge in [0.05, 0.1) is 5.60 Å². The summed E-state index contributed by atoms with van der Waals surface area (Å²) < 4.78 is 0. The molecule has 1 aliphatic rings. The van der Waals surface area contributed by atoms with Crippen LogP contribution in [0.1, 0.15) is 40.5 Å². The summed E-state index contributed by atoms with van der Waals surface area (Å²) >= 11 is 0. The highest BCUT2D eigenvalue weighted by Gasteiger charge is 2.33. The number of hydrogen-bond acceptors (Lipinski definition) is 3. The molecule has 1 saturated heterocycles. The van der Waals surface area contributed by atoms with Gasteiger partial charge >= 0.3 is 0 Å². The van der Waals surface area contributed by atoms with E-state index in [0.717, 1.165) is 19.6 Å². The maximum absolute atomic E-state index is 10.2. The molecule has 15 heavy (non-hydrogen) atoms. The first-order valence-electron chi connectivity index (χ1n) is 6.04. The summed E-state index contributed by atoms with van der Waals surface area (Å²) in [6.45, 7) is 12.1. The van der Waals surface area contributed by atoms with Gasteiger partial charge in [-0.1, -0.05) is 13.3 Å². The van der Waals surface area contributed by atoms with Crippen molar-refractivity contribution in [2.75, 3.05) is 26.2 Å². The summed E-state index contributed by atoms with van der Waals surface area (Å²) in [7, 11) is 0. The summed E-state index contributed by atoms with van der Waals surface area (Å²) in [6.07, 6.45) is 2.43. The zero-order valence-electron chi connectivity index (χ0n) is 10.6. The van der Waals surface area contributed by atoms with Crippen molar-refractivity contribution in [1.82, 2.24) is 10.2 Å². The molecular weight excluding hydrogens is 188 g/mol. The first kappa shape index (κ1) is 12.9. The molecule has 3 heteroatoms. The van der Waals surface area contributed by atoms with Crippen molar-refractivity contribution >= 4 is 0 Å². The number of hydrogen-bond donors (Lipinski definition) is 2. The van der Waals surface area contributed by atoms with E-state index in [-0.39, 0.29) is 5.54 Å². The smallest absolute Gasteiger partial charge is 0.0869 e. The molecule has 0 aromatic carbocycles. The molecule has 1 atom stereocenters. The quantitative estimate of drug-likeness (QED) is 0.741. The van der Waals surface area contributed by atoms with Gasteiger partial charge in [-0.2, -0.15) is 0 Å². The zero-order valence-corrected chi connectivity index (χ0v) is 10.6. The summed E-state index contributed by atoms with van der Waals surface area (Å²) in [5.74, 6) is 0. The molecule has 1 fully saturated rings. The van der Waals surface area contributed by atoms with Crippen LogP contribution in [-0.4, -0.2) is 47.3 Å². The molecule has 1 heterocycles. The molecule has 1 unspecified atom stereocenters. The number of aliphatic hydroxyl groups is 1. The lowest BCUT2D eigenvalue weighted by atomic mass is 10.1. The van der Waals surface area contributed by atoms with E-state index in [9.17, 15) is 5.11 Å². The third kappa shape index (κ3) is 4.49. The second-order valence-electron chi connectivity index (χ2n) is 5.80. The fourth-order valence-corrected chi connectivity index (χ4v) is 2.18. The SMILES string of the molecule is CCCCN1CC(C)(O)CNC(C)(C)C1. The summed E-state index contributed by atoms with van der Waals surface area (Å²) in [5.41, 5.74) is -0.490. The second kappa shape index (κ2) is 4.81. The van der Waals surface area contributed by atoms with E-state index in [1.165, 1.54) is 12.8 Å². The van der Waals surface area contributed by atoms with E-state index < -0.39 is 5.60 Å². The molecule has 2 N–H and O–H groups in total. The molecule has 0 aromatic heterocycles. The van der Waals surface area contributed by atoms with Crippen molar-refractivity contribution in [3.05, 3.63) is 0 Å². The number of β-amino-alcohol motifs (C(OH)–C–C–N with tert-alkyl or cyclic N) is 1. The van der Waals surface area contributed by atoms with E-state index in [2.05, 4.69) is 31.0 Å². The molecule has 0 radical (unpaired) electrons. The number of unbranched alkanes of at least 4 members (excludes halogenated alkanes) is 1. The predicted octanol–water partition coefficient (Wildman–Crippen LogP) is 1.22. The van der Waals surface area contributed by atoms with Gasteiger partial charge in [0.15, 0.2) is 0 Å². The molecular formula is C12H26N2O. The largest absolute Gasteiger partial charge is 0.388 e. The first-order valence-corrected chi connectivity index (χ1v) is 6.04. The lowest BCUT2D eigenvalue weighted by molar-refractivity contribution is 0.0339. The lowest BCUT2D eigenvalue weighted by Gasteiger charge is -2.30. The highest BCUT2D eigenvalue weighted by Crippen LogP contribution is 2.16. The summed E-state index contributed by atoms with van der Waals surface area (Å²) in [6, 6.07) is 0. The minimum atomic E-state index is -0.596. The number of nitrogens with zero attached hydrogens (tertiary/aromatic N) is 1. The van der Waals surface area contributed by atoms with Gasteiger partial charge < -0.3 is 10.4 Å². The van der Waals surface area contributed by atoms with Gasteiger partial charge in [0.1, 0.15) is 0 Å². The van der Waals surface area contributed by atoms with Gasteiger partial charge in [0, 0.05) is 25.2 Å². The predicted molar refractivity (Wildman–Crippen MR) is 64.1 cm³/mol. The topological polar surface area (TPSA) is 35.5 Å². The van der Waals surface area contributed by atoms with Crippen molar-refractivity contribution < 1.29 is 5.11 Å². The Balaban J connectivity index is 2.60. The average Bonchev–Trinajstić information content (AvgIpc) is 2.20. The van der Waals surface area contributed by atoms with E-state index in [1.807, 2.05) is 6.92 Å². The molecule has 1 rings (SSSR count). The summed E-state index contributed by atoms with van der Waals surface area (Å²) in [5, 5.41) is 13.6. The Morgan fingerprint density at radius 2 is 1.93 bits per heavy atom. The van der Waals surface area contributed by atoms with Crippen LogP contribution in [-0.2, 0) is 0 Å². The lowest BCUT2D eigenvalue weighted by Crippen LogP contribution is -2.47. The Hall–Kier alpha value is -0.120. The molecule has 0 aromatic rings. The van der Waals surface area contributed by atoms with E-state index in [4.69, 9.17) is 0 Å². The van der Waals surface area contributed by atoms with Crippen LogP contribution in [0.2, 0.25) is 0 Å². The Labute approximate surface area is 93.9 Å². The minimum absolute atomic E-state index is 0.105. The number of rotatable bonds is 3. The van der Waals surface area contributed by atoms with E-state index in [1.54, 1.807) is 0 Å². The fraction of sp³-hybridized carbons (Fsp3) is 1.00. The van der Waals surface area contributed by atoms with Crippen LogP contribution in [0.4, 0.5) is 0 Å². The highest BCUT2D eigenvalue weighted by molar-refractivity contribution is 4.92. The van der Waals surface area contributed by atoms with Crippen molar-refractivity contribution in [1.29, 1.82) is 0 Å². The second-order valence-corrected chi connectivity index (χ2v) is 5.80. The third-order valence-corrected chi connectivity index (χ3v) is 2.96. The summed E-state index contributed by atoms with van der Waals surface area (Å²) in [4.78, 5) is 2.38. The van der Waals surface area contributed by atoms with Gasteiger partial charge in [0.25, 0.3) is 0 Å². The van der Waals surface area contributed by atoms with E-state index >= 15 is 0 Å². The van der Waals surface area contributed by atoms with Crippen LogP contribution in [0.15, 0.2) is 0 Å². The van der Waals surface area contributed by atoms with Crippen LogP contribution < -0.4 is 5.32 Å². The van der Waals surface area contributed by atoms with Crippen molar-refractivity contribution in [3.8, 4) is 0 Å². The van der Waals surface area contributed by atoms with Gasteiger partial charge in [-0.05, 0) is 33.7 Å². The minimum Gasteiger partial charge on any atom is -0.388 e. The maximum atomic E-state index is 10.2.